The molecule has 0 saturated heterocycles. The van der Waals surface area contributed by atoms with Crippen LogP contribution in [0.5, 0.6) is 0 Å². The van der Waals surface area contributed by atoms with Gasteiger partial charge >= 0.3 is 0 Å². The Hall–Kier alpha value is -1.58. The van der Waals surface area contributed by atoms with Gasteiger partial charge in [0, 0.05) is 29.5 Å². The van der Waals surface area contributed by atoms with Gasteiger partial charge in [-0.25, -0.2) is 4.39 Å². The fourth-order valence-corrected chi connectivity index (χ4v) is 2.24. The van der Waals surface area contributed by atoms with E-state index >= 15 is 0 Å². The van der Waals surface area contributed by atoms with Crippen molar-refractivity contribution in [3.63, 3.8) is 0 Å². The van der Waals surface area contributed by atoms with Gasteiger partial charge in [-0.3, -0.25) is 0 Å². The van der Waals surface area contributed by atoms with Crippen molar-refractivity contribution in [2.45, 2.75) is 13.5 Å². The number of hydrogen-bond donors (Lipinski definition) is 1. The van der Waals surface area contributed by atoms with Crippen LogP contribution in [0.2, 0.25) is 5.02 Å². The number of halogens is 2. The second-order valence-corrected chi connectivity index (χ2v) is 4.63. The Balaban J connectivity index is 2.47. The molecule has 100 valence electrons. The lowest BCUT2D eigenvalue weighted by Crippen LogP contribution is -2.18. The second-order valence-electron chi connectivity index (χ2n) is 4.20. The maximum Gasteiger partial charge on any atom is 0.123 e. The predicted molar refractivity (Wildman–Crippen MR) is 78.4 cm³/mol. The molecule has 2 aromatic rings. The van der Waals surface area contributed by atoms with E-state index in [2.05, 4.69) is 4.90 Å². The summed E-state index contributed by atoms with van der Waals surface area (Å²) in [4.78, 5) is 2.06. The molecular weight excluding hydrogens is 263 g/mol. The largest absolute Gasteiger partial charge is 0.341 e. The molecule has 0 fully saturated rings. The zero-order valence-electron chi connectivity index (χ0n) is 10.7. The Labute approximate surface area is 117 Å². The average molecular weight is 279 g/mol. The molecule has 0 aromatic heterocycles. The Bertz CT molecular complexity index is 555. The number of nitrogens with two attached hydrogens (primary N) is 1. The zero-order chi connectivity index (χ0) is 13.8. The standard InChI is InChI=1S/C15H16ClFN2/c1-2-19(14-7-5-13(17)6-8-14)15-9-12(16)4-3-11(15)10-18/h3-9H,2,10,18H2,1H3. The van der Waals surface area contributed by atoms with Crippen LogP contribution in [0, 0.1) is 5.82 Å². The molecular formula is C15H16ClFN2. The highest BCUT2D eigenvalue weighted by molar-refractivity contribution is 6.30. The van der Waals surface area contributed by atoms with E-state index in [0.29, 0.717) is 11.6 Å². The highest BCUT2D eigenvalue weighted by atomic mass is 35.5. The summed E-state index contributed by atoms with van der Waals surface area (Å²) in [6.45, 7) is 3.22. The van der Waals surface area contributed by atoms with Gasteiger partial charge in [-0.15, -0.1) is 0 Å². The van der Waals surface area contributed by atoms with Crippen molar-refractivity contribution in [3.05, 3.63) is 58.9 Å². The Morgan fingerprint density at radius 3 is 2.42 bits per heavy atom. The van der Waals surface area contributed by atoms with E-state index in [-0.39, 0.29) is 5.82 Å². The molecule has 2 nitrogen and oxygen atoms in total. The molecule has 2 aromatic carbocycles. The third kappa shape index (κ3) is 3.06. The molecule has 0 saturated carbocycles. The summed E-state index contributed by atoms with van der Waals surface area (Å²) in [7, 11) is 0. The molecule has 0 atom stereocenters. The minimum atomic E-state index is -0.245. The van der Waals surface area contributed by atoms with Crippen molar-refractivity contribution >= 4 is 23.0 Å². The smallest absolute Gasteiger partial charge is 0.123 e. The van der Waals surface area contributed by atoms with Crippen molar-refractivity contribution in [2.24, 2.45) is 5.73 Å². The van der Waals surface area contributed by atoms with Crippen LogP contribution in [0.4, 0.5) is 15.8 Å². The molecule has 0 heterocycles. The fourth-order valence-electron chi connectivity index (χ4n) is 2.07. The summed E-state index contributed by atoms with van der Waals surface area (Å²) < 4.78 is 13.0. The first-order valence-electron chi connectivity index (χ1n) is 6.17. The van der Waals surface area contributed by atoms with Gasteiger partial charge in [0.25, 0.3) is 0 Å². The molecule has 0 spiro atoms. The highest BCUT2D eigenvalue weighted by Gasteiger charge is 2.12. The summed E-state index contributed by atoms with van der Waals surface area (Å²) in [5.41, 5.74) is 8.66. The van der Waals surface area contributed by atoms with Gasteiger partial charge in [-0.1, -0.05) is 17.7 Å². The molecule has 0 aliphatic heterocycles. The van der Waals surface area contributed by atoms with Gasteiger partial charge < -0.3 is 10.6 Å². The minimum absolute atomic E-state index is 0.245. The van der Waals surface area contributed by atoms with Crippen molar-refractivity contribution in [2.75, 3.05) is 11.4 Å². The molecule has 4 heteroatoms. The number of benzene rings is 2. The summed E-state index contributed by atoms with van der Waals surface area (Å²) in [6, 6.07) is 12.0. The molecule has 0 amide bonds. The van der Waals surface area contributed by atoms with E-state index in [1.54, 1.807) is 12.1 Å². The van der Waals surface area contributed by atoms with Gasteiger partial charge in [0.15, 0.2) is 0 Å². The lowest BCUT2D eigenvalue weighted by atomic mass is 10.1. The van der Waals surface area contributed by atoms with Gasteiger partial charge in [0.2, 0.25) is 0 Å². The van der Waals surface area contributed by atoms with Crippen LogP contribution in [0.25, 0.3) is 0 Å². The highest BCUT2D eigenvalue weighted by Crippen LogP contribution is 2.30. The third-order valence-electron chi connectivity index (χ3n) is 3.01. The van der Waals surface area contributed by atoms with Gasteiger partial charge in [0.05, 0.1) is 0 Å². The molecule has 0 unspecified atom stereocenters. The Kier molecular flexibility index (Phi) is 4.40. The van der Waals surface area contributed by atoms with Crippen LogP contribution in [0.3, 0.4) is 0 Å². The SMILES string of the molecule is CCN(c1ccc(F)cc1)c1cc(Cl)ccc1CN. The van der Waals surface area contributed by atoms with E-state index in [9.17, 15) is 4.39 Å². The lowest BCUT2D eigenvalue weighted by molar-refractivity contribution is 0.628. The fraction of sp³-hybridized carbons (Fsp3) is 0.200. The van der Waals surface area contributed by atoms with Gasteiger partial charge in [0.1, 0.15) is 5.82 Å². The quantitative estimate of drug-likeness (QED) is 0.912. The van der Waals surface area contributed by atoms with Crippen LogP contribution >= 0.6 is 11.6 Å². The molecule has 2 rings (SSSR count). The lowest BCUT2D eigenvalue weighted by Gasteiger charge is -2.26. The maximum absolute atomic E-state index is 13.0. The Morgan fingerprint density at radius 2 is 1.84 bits per heavy atom. The molecule has 2 N–H and O–H groups in total. The van der Waals surface area contributed by atoms with Crippen molar-refractivity contribution in [1.29, 1.82) is 0 Å². The summed E-state index contributed by atoms with van der Waals surface area (Å²) in [6.07, 6.45) is 0. The van der Waals surface area contributed by atoms with Gasteiger partial charge in [-0.05, 0) is 48.9 Å². The zero-order valence-corrected chi connectivity index (χ0v) is 11.5. The second kappa shape index (κ2) is 6.04. The maximum atomic E-state index is 13.0. The molecule has 19 heavy (non-hydrogen) atoms. The number of nitrogens with zero attached hydrogens (tertiary/aromatic N) is 1. The third-order valence-corrected chi connectivity index (χ3v) is 3.25. The first-order chi connectivity index (χ1) is 9.15. The van der Waals surface area contributed by atoms with E-state index in [0.717, 1.165) is 23.5 Å². The van der Waals surface area contributed by atoms with E-state index in [4.69, 9.17) is 17.3 Å². The van der Waals surface area contributed by atoms with E-state index in [1.807, 2.05) is 25.1 Å². The van der Waals surface area contributed by atoms with Crippen molar-refractivity contribution in [3.8, 4) is 0 Å². The van der Waals surface area contributed by atoms with E-state index in [1.165, 1.54) is 12.1 Å². The summed E-state index contributed by atoms with van der Waals surface area (Å²) in [5.74, 6) is -0.245. The normalized spacial score (nSPS) is 10.5. The van der Waals surface area contributed by atoms with Crippen LogP contribution in [-0.4, -0.2) is 6.54 Å². The van der Waals surface area contributed by atoms with Crippen LogP contribution in [-0.2, 0) is 6.54 Å². The average Bonchev–Trinajstić information content (AvgIpc) is 2.42. The van der Waals surface area contributed by atoms with Crippen molar-refractivity contribution in [1.82, 2.24) is 0 Å². The number of anilines is 2. The van der Waals surface area contributed by atoms with Gasteiger partial charge in [-0.2, -0.15) is 0 Å². The minimum Gasteiger partial charge on any atom is -0.341 e. The first-order valence-corrected chi connectivity index (χ1v) is 6.55. The van der Waals surface area contributed by atoms with Crippen molar-refractivity contribution < 1.29 is 4.39 Å². The summed E-state index contributed by atoms with van der Waals surface area (Å²) in [5, 5.41) is 0.660. The van der Waals surface area contributed by atoms with E-state index < -0.39 is 0 Å². The number of rotatable bonds is 4. The first kappa shape index (κ1) is 13.8. The van der Waals surface area contributed by atoms with Crippen LogP contribution in [0.1, 0.15) is 12.5 Å². The predicted octanol–water partition coefficient (Wildman–Crippen LogP) is 4.10. The monoisotopic (exact) mass is 278 g/mol. The molecule has 0 aliphatic carbocycles. The van der Waals surface area contributed by atoms with Crippen LogP contribution in [0.15, 0.2) is 42.5 Å². The Morgan fingerprint density at radius 1 is 1.16 bits per heavy atom. The molecule has 0 bridgehead atoms. The molecule has 0 radical (unpaired) electrons. The van der Waals surface area contributed by atoms with Crippen LogP contribution < -0.4 is 10.6 Å². The molecule has 0 aliphatic rings. The topological polar surface area (TPSA) is 29.3 Å². The summed E-state index contributed by atoms with van der Waals surface area (Å²) >= 11 is 6.06. The number of hydrogen-bond acceptors (Lipinski definition) is 2.